The molecule has 3 heteroatoms. The number of aryl methyl sites for hydroxylation is 1. The third-order valence-electron chi connectivity index (χ3n) is 4.39. The second kappa shape index (κ2) is 10.1. The van der Waals surface area contributed by atoms with Gasteiger partial charge >= 0.3 is 0 Å². The maximum atomic E-state index is 13.4. The molecule has 0 saturated heterocycles. The molecule has 0 amide bonds. The smallest absolute Gasteiger partial charge is 0.165 e. The normalized spacial score (nSPS) is 10.9. The van der Waals surface area contributed by atoms with Crippen molar-refractivity contribution in [1.82, 2.24) is 4.98 Å². The number of unbranched alkanes of at least 4 members (excludes halogenated alkanes) is 7. The molecule has 0 aliphatic carbocycles. The predicted molar refractivity (Wildman–Crippen MR) is 97.6 cm³/mol. The molecule has 24 heavy (non-hydrogen) atoms. The maximum Gasteiger partial charge on any atom is 0.165 e. The van der Waals surface area contributed by atoms with Gasteiger partial charge < -0.3 is 5.11 Å². The highest BCUT2D eigenvalue weighted by Gasteiger charge is 2.05. The summed E-state index contributed by atoms with van der Waals surface area (Å²) in [6.45, 7) is 2.25. The van der Waals surface area contributed by atoms with E-state index in [2.05, 4.69) is 18.0 Å². The van der Waals surface area contributed by atoms with E-state index in [-0.39, 0.29) is 5.75 Å². The highest BCUT2D eigenvalue weighted by Crippen LogP contribution is 2.23. The molecule has 2 nitrogen and oxygen atoms in total. The molecule has 1 aromatic heterocycles. The summed E-state index contributed by atoms with van der Waals surface area (Å²) in [6, 6.07) is 8.34. The largest absolute Gasteiger partial charge is 0.505 e. The Morgan fingerprint density at radius 2 is 1.62 bits per heavy atom. The van der Waals surface area contributed by atoms with E-state index in [0.29, 0.717) is 5.56 Å². The molecule has 130 valence electrons. The maximum absolute atomic E-state index is 13.4. The molecule has 1 N–H and O–H groups in total. The number of hydrogen-bond acceptors (Lipinski definition) is 2. The number of pyridine rings is 1. The minimum Gasteiger partial charge on any atom is -0.505 e. The fourth-order valence-corrected chi connectivity index (χ4v) is 2.87. The molecule has 0 aliphatic rings. The first-order valence-corrected chi connectivity index (χ1v) is 9.14. The highest BCUT2D eigenvalue weighted by molar-refractivity contribution is 5.60. The molecule has 1 heterocycles. The first-order valence-electron chi connectivity index (χ1n) is 9.14. The number of nitrogens with zero attached hydrogens (tertiary/aromatic N) is 1. The standard InChI is InChI=1S/C21H28FNO/c1-2-3-4-5-6-7-8-9-10-17-11-13-20(23-16-17)18-12-14-21(24)19(22)15-18/h11-16,24H,2-10H2,1H3. The number of benzene rings is 1. The van der Waals surface area contributed by atoms with Gasteiger partial charge in [0.2, 0.25) is 0 Å². The number of phenols is 1. The minimum atomic E-state index is -0.614. The van der Waals surface area contributed by atoms with Gasteiger partial charge in [0.05, 0.1) is 5.69 Å². The number of halogens is 1. The van der Waals surface area contributed by atoms with Crippen LogP contribution >= 0.6 is 0 Å². The van der Waals surface area contributed by atoms with Crippen molar-refractivity contribution in [3.63, 3.8) is 0 Å². The number of hydrogen-bond donors (Lipinski definition) is 1. The summed E-state index contributed by atoms with van der Waals surface area (Å²) >= 11 is 0. The van der Waals surface area contributed by atoms with Gasteiger partial charge in [-0.3, -0.25) is 4.98 Å². The Morgan fingerprint density at radius 1 is 0.917 bits per heavy atom. The zero-order valence-corrected chi connectivity index (χ0v) is 14.6. The highest BCUT2D eigenvalue weighted by atomic mass is 19.1. The van der Waals surface area contributed by atoms with E-state index in [1.807, 2.05) is 12.3 Å². The lowest BCUT2D eigenvalue weighted by molar-refractivity contribution is 0.432. The summed E-state index contributed by atoms with van der Waals surface area (Å²) in [6.07, 6.45) is 13.5. The molecule has 0 unspecified atom stereocenters. The SMILES string of the molecule is CCCCCCCCCCc1ccc(-c2ccc(O)c(F)c2)nc1. The average molecular weight is 329 g/mol. The molecule has 0 bridgehead atoms. The monoisotopic (exact) mass is 329 g/mol. The van der Waals surface area contributed by atoms with Crippen molar-refractivity contribution < 1.29 is 9.50 Å². The summed E-state index contributed by atoms with van der Waals surface area (Å²) < 4.78 is 13.4. The Morgan fingerprint density at radius 3 is 2.25 bits per heavy atom. The summed E-state index contributed by atoms with van der Waals surface area (Å²) in [4.78, 5) is 4.42. The zero-order valence-electron chi connectivity index (χ0n) is 14.6. The minimum absolute atomic E-state index is 0.329. The first kappa shape index (κ1) is 18.4. The van der Waals surface area contributed by atoms with Crippen LogP contribution in [0.1, 0.15) is 63.9 Å². The molecule has 0 radical (unpaired) electrons. The lowest BCUT2D eigenvalue weighted by Crippen LogP contribution is -1.90. The van der Waals surface area contributed by atoms with Gasteiger partial charge in [-0.05, 0) is 42.7 Å². The molecule has 0 atom stereocenters. The van der Waals surface area contributed by atoms with Crippen LogP contribution in [0.25, 0.3) is 11.3 Å². The van der Waals surface area contributed by atoms with E-state index in [1.54, 1.807) is 6.07 Å². The van der Waals surface area contributed by atoms with Gasteiger partial charge in [-0.15, -0.1) is 0 Å². The molecule has 0 spiro atoms. The van der Waals surface area contributed by atoms with E-state index in [9.17, 15) is 9.50 Å². The predicted octanol–water partition coefficient (Wildman–Crippen LogP) is 6.28. The number of rotatable bonds is 10. The Hall–Kier alpha value is -1.90. The van der Waals surface area contributed by atoms with Gasteiger partial charge in [0.25, 0.3) is 0 Å². The van der Waals surface area contributed by atoms with E-state index in [1.165, 1.54) is 69.1 Å². The van der Waals surface area contributed by atoms with Crippen molar-refractivity contribution >= 4 is 0 Å². The topological polar surface area (TPSA) is 33.1 Å². The summed E-state index contributed by atoms with van der Waals surface area (Å²) in [5.41, 5.74) is 2.64. The molecule has 0 fully saturated rings. The number of aromatic nitrogens is 1. The molecule has 1 aromatic carbocycles. The zero-order chi connectivity index (χ0) is 17.2. The Labute approximate surface area is 144 Å². The quantitative estimate of drug-likeness (QED) is 0.521. The summed E-state index contributed by atoms with van der Waals surface area (Å²) in [5.74, 6) is -0.942. The van der Waals surface area contributed by atoms with Gasteiger partial charge in [0.15, 0.2) is 11.6 Å². The number of phenolic OH excluding ortho intramolecular Hbond substituents is 1. The first-order chi connectivity index (χ1) is 11.7. The average Bonchev–Trinajstić information content (AvgIpc) is 2.60. The number of aromatic hydroxyl groups is 1. The fourth-order valence-electron chi connectivity index (χ4n) is 2.87. The van der Waals surface area contributed by atoms with Crippen molar-refractivity contribution in [2.24, 2.45) is 0 Å². The Balaban J connectivity index is 1.73. The van der Waals surface area contributed by atoms with Crippen LogP contribution in [0, 0.1) is 5.82 Å². The van der Waals surface area contributed by atoms with Crippen LogP contribution in [0.5, 0.6) is 5.75 Å². The van der Waals surface area contributed by atoms with E-state index >= 15 is 0 Å². The van der Waals surface area contributed by atoms with Crippen molar-refractivity contribution in [2.75, 3.05) is 0 Å². The molecular weight excluding hydrogens is 301 g/mol. The van der Waals surface area contributed by atoms with Crippen molar-refractivity contribution in [1.29, 1.82) is 0 Å². The van der Waals surface area contributed by atoms with E-state index < -0.39 is 5.82 Å². The molecular formula is C21H28FNO. The van der Waals surface area contributed by atoms with Crippen LogP contribution in [0.3, 0.4) is 0 Å². The molecule has 2 aromatic rings. The van der Waals surface area contributed by atoms with Crippen molar-refractivity contribution in [3.8, 4) is 17.0 Å². The van der Waals surface area contributed by atoms with Crippen LogP contribution in [-0.4, -0.2) is 10.1 Å². The van der Waals surface area contributed by atoms with Crippen LogP contribution in [-0.2, 0) is 6.42 Å². The third-order valence-corrected chi connectivity index (χ3v) is 4.39. The third kappa shape index (κ3) is 5.95. The van der Waals surface area contributed by atoms with Gasteiger partial charge in [-0.2, -0.15) is 0 Å². The van der Waals surface area contributed by atoms with E-state index in [0.717, 1.165) is 12.1 Å². The van der Waals surface area contributed by atoms with Crippen molar-refractivity contribution in [2.45, 2.75) is 64.7 Å². The van der Waals surface area contributed by atoms with Crippen LogP contribution in [0.15, 0.2) is 36.5 Å². The second-order valence-electron chi connectivity index (χ2n) is 6.44. The van der Waals surface area contributed by atoms with Gasteiger partial charge in [-0.25, -0.2) is 4.39 Å². The molecule has 2 rings (SSSR count). The van der Waals surface area contributed by atoms with Gasteiger partial charge in [0, 0.05) is 11.8 Å². The summed E-state index contributed by atoms with van der Waals surface area (Å²) in [7, 11) is 0. The van der Waals surface area contributed by atoms with Gasteiger partial charge in [0.1, 0.15) is 0 Å². The lowest BCUT2D eigenvalue weighted by Gasteiger charge is -2.05. The van der Waals surface area contributed by atoms with Gasteiger partial charge in [-0.1, -0.05) is 57.9 Å². The Bertz CT molecular complexity index is 610. The van der Waals surface area contributed by atoms with Crippen LogP contribution in [0.4, 0.5) is 4.39 Å². The molecule has 0 aliphatic heterocycles. The van der Waals surface area contributed by atoms with E-state index in [4.69, 9.17) is 0 Å². The second-order valence-corrected chi connectivity index (χ2v) is 6.44. The van der Waals surface area contributed by atoms with Crippen LogP contribution in [0.2, 0.25) is 0 Å². The lowest BCUT2D eigenvalue weighted by atomic mass is 10.0. The van der Waals surface area contributed by atoms with Crippen molar-refractivity contribution in [3.05, 3.63) is 47.9 Å². The molecule has 0 saturated carbocycles. The fraction of sp³-hybridized carbons (Fsp3) is 0.476. The Kier molecular flexibility index (Phi) is 7.73. The van der Waals surface area contributed by atoms with Crippen LogP contribution < -0.4 is 0 Å². The summed E-state index contributed by atoms with van der Waals surface area (Å²) in [5, 5.41) is 9.24.